The number of amides is 1. The van der Waals surface area contributed by atoms with Gasteiger partial charge in [0.15, 0.2) is 5.84 Å². The summed E-state index contributed by atoms with van der Waals surface area (Å²) in [5.41, 5.74) is 5.39. The van der Waals surface area contributed by atoms with Crippen LogP contribution in [0, 0.1) is 5.41 Å². The van der Waals surface area contributed by atoms with Crippen molar-refractivity contribution in [3.8, 4) is 5.75 Å². The van der Waals surface area contributed by atoms with Gasteiger partial charge in [-0.15, -0.1) is 0 Å². The summed E-state index contributed by atoms with van der Waals surface area (Å²) in [4.78, 5) is 12.2. The molecule has 0 aliphatic heterocycles. The van der Waals surface area contributed by atoms with Crippen LogP contribution in [0.5, 0.6) is 5.75 Å². The van der Waals surface area contributed by atoms with E-state index in [2.05, 4.69) is 10.5 Å². The average molecular weight is 279 g/mol. The Morgan fingerprint density at radius 1 is 1.40 bits per heavy atom. The molecule has 1 atom stereocenters. The van der Waals surface area contributed by atoms with Crippen molar-refractivity contribution in [2.45, 2.75) is 26.8 Å². The van der Waals surface area contributed by atoms with E-state index in [9.17, 15) is 4.79 Å². The molecular weight excluding hydrogens is 258 g/mol. The molecule has 0 aromatic heterocycles. The van der Waals surface area contributed by atoms with Crippen molar-refractivity contribution >= 4 is 11.7 Å². The topological polar surface area (TPSA) is 96.9 Å². The fourth-order valence-electron chi connectivity index (χ4n) is 1.59. The fourth-order valence-corrected chi connectivity index (χ4v) is 1.59. The lowest BCUT2D eigenvalue weighted by Crippen LogP contribution is -2.46. The normalized spacial score (nSPS) is 13.7. The zero-order valence-electron chi connectivity index (χ0n) is 12.2. The lowest BCUT2D eigenvalue weighted by Gasteiger charge is -2.24. The molecule has 20 heavy (non-hydrogen) atoms. The Morgan fingerprint density at radius 3 is 2.40 bits per heavy atom. The summed E-state index contributed by atoms with van der Waals surface area (Å²) < 4.78 is 5.08. The molecule has 6 nitrogen and oxygen atoms in total. The third kappa shape index (κ3) is 3.40. The van der Waals surface area contributed by atoms with E-state index in [0.717, 1.165) is 11.3 Å². The van der Waals surface area contributed by atoms with Crippen molar-refractivity contribution in [1.29, 1.82) is 0 Å². The third-order valence-electron chi connectivity index (χ3n) is 3.28. The Labute approximate surface area is 118 Å². The Hall–Kier alpha value is -2.24. The second kappa shape index (κ2) is 6.27. The Morgan fingerprint density at radius 2 is 1.95 bits per heavy atom. The Bertz CT molecular complexity index is 495. The molecule has 0 spiro atoms. The van der Waals surface area contributed by atoms with E-state index in [4.69, 9.17) is 15.7 Å². The molecule has 110 valence electrons. The summed E-state index contributed by atoms with van der Waals surface area (Å²) in [5, 5.41) is 14.4. The number of ether oxygens (including phenoxy) is 1. The molecule has 0 fully saturated rings. The molecule has 4 N–H and O–H groups in total. The first kappa shape index (κ1) is 15.8. The van der Waals surface area contributed by atoms with E-state index in [0.29, 0.717) is 0 Å². The summed E-state index contributed by atoms with van der Waals surface area (Å²) in [6.45, 7) is 5.05. The first-order valence-corrected chi connectivity index (χ1v) is 6.25. The third-order valence-corrected chi connectivity index (χ3v) is 3.28. The van der Waals surface area contributed by atoms with E-state index >= 15 is 0 Å². The largest absolute Gasteiger partial charge is 0.497 e. The van der Waals surface area contributed by atoms with Crippen LogP contribution in [0.1, 0.15) is 32.4 Å². The quantitative estimate of drug-likeness (QED) is 0.330. The molecule has 1 aromatic carbocycles. The molecular formula is C14H21N3O3. The molecule has 1 unspecified atom stereocenters. The summed E-state index contributed by atoms with van der Waals surface area (Å²) in [5.74, 6) is 0.317. The summed E-state index contributed by atoms with van der Waals surface area (Å²) in [6, 6.07) is 7.21. The number of nitrogens with one attached hydrogen (secondary N) is 1. The molecule has 1 rings (SSSR count). The number of benzene rings is 1. The number of nitrogens with two attached hydrogens (primary N) is 1. The number of hydrogen-bond acceptors (Lipinski definition) is 4. The zero-order chi connectivity index (χ0) is 15.3. The van der Waals surface area contributed by atoms with Crippen LogP contribution in [0.2, 0.25) is 0 Å². The molecule has 1 aromatic rings. The lowest BCUT2D eigenvalue weighted by atomic mass is 9.90. The van der Waals surface area contributed by atoms with Gasteiger partial charge in [0.05, 0.1) is 13.2 Å². The molecule has 6 heteroatoms. The van der Waals surface area contributed by atoms with Crippen LogP contribution in [-0.4, -0.2) is 24.1 Å². The molecule has 0 saturated carbocycles. The van der Waals surface area contributed by atoms with Crippen molar-refractivity contribution in [1.82, 2.24) is 5.32 Å². The number of oxime groups is 1. The van der Waals surface area contributed by atoms with Crippen molar-refractivity contribution < 1.29 is 14.7 Å². The van der Waals surface area contributed by atoms with Gasteiger partial charge in [-0.05, 0) is 38.5 Å². The van der Waals surface area contributed by atoms with Crippen LogP contribution < -0.4 is 15.8 Å². The van der Waals surface area contributed by atoms with Gasteiger partial charge >= 0.3 is 0 Å². The van der Waals surface area contributed by atoms with Crippen molar-refractivity contribution in [2.75, 3.05) is 7.11 Å². The minimum atomic E-state index is -1.07. The fraction of sp³-hybridized carbons (Fsp3) is 0.429. The Kier molecular flexibility index (Phi) is 4.96. The van der Waals surface area contributed by atoms with Gasteiger partial charge in [-0.3, -0.25) is 4.79 Å². The van der Waals surface area contributed by atoms with Gasteiger partial charge in [-0.2, -0.15) is 0 Å². The second-order valence-corrected chi connectivity index (χ2v) is 5.08. The lowest BCUT2D eigenvalue weighted by molar-refractivity contribution is -0.127. The van der Waals surface area contributed by atoms with Gasteiger partial charge in [-0.25, -0.2) is 0 Å². The smallest absolute Gasteiger partial charge is 0.233 e. The predicted octanol–water partition coefficient (Wildman–Crippen LogP) is 1.64. The predicted molar refractivity (Wildman–Crippen MR) is 76.7 cm³/mol. The van der Waals surface area contributed by atoms with Gasteiger partial charge in [0.1, 0.15) is 11.2 Å². The maximum Gasteiger partial charge on any atom is 0.233 e. The highest BCUT2D eigenvalue weighted by Gasteiger charge is 2.33. The number of nitrogens with zero attached hydrogens (tertiary/aromatic N) is 1. The van der Waals surface area contributed by atoms with Crippen LogP contribution in [0.15, 0.2) is 29.4 Å². The number of rotatable bonds is 5. The maximum absolute atomic E-state index is 12.2. The highest BCUT2D eigenvalue weighted by molar-refractivity contribution is 6.05. The van der Waals surface area contributed by atoms with E-state index < -0.39 is 5.41 Å². The van der Waals surface area contributed by atoms with Crippen LogP contribution in [-0.2, 0) is 4.79 Å². The van der Waals surface area contributed by atoms with Crippen molar-refractivity contribution in [3.63, 3.8) is 0 Å². The summed E-state index contributed by atoms with van der Waals surface area (Å²) in [6.07, 6.45) is 0. The van der Waals surface area contributed by atoms with Crippen molar-refractivity contribution in [2.24, 2.45) is 16.3 Å². The molecule has 0 aliphatic carbocycles. The van der Waals surface area contributed by atoms with Gasteiger partial charge in [-0.1, -0.05) is 17.3 Å². The van der Waals surface area contributed by atoms with Crippen LogP contribution in [0.3, 0.4) is 0 Å². The number of carbonyl (C=O) groups excluding carboxylic acids is 1. The Balaban J connectivity index is 2.79. The SMILES string of the molecule is COc1ccc(C(C)NC(=O)C(C)(C)C(N)=NO)cc1. The highest BCUT2D eigenvalue weighted by Crippen LogP contribution is 2.21. The van der Waals surface area contributed by atoms with Gasteiger partial charge in [0.25, 0.3) is 0 Å². The number of hydrogen-bond donors (Lipinski definition) is 3. The first-order chi connectivity index (χ1) is 9.32. The van der Waals surface area contributed by atoms with Gasteiger partial charge in [0, 0.05) is 0 Å². The van der Waals surface area contributed by atoms with E-state index in [1.54, 1.807) is 21.0 Å². The molecule has 0 aliphatic rings. The minimum Gasteiger partial charge on any atom is -0.497 e. The zero-order valence-corrected chi connectivity index (χ0v) is 12.2. The summed E-state index contributed by atoms with van der Waals surface area (Å²) >= 11 is 0. The molecule has 1 amide bonds. The van der Waals surface area contributed by atoms with Crippen LogP contribution >= 0.6 is 0 Å². The minimum absolute atomic E-state index is 0.128. The van der Waals surface area contributed by atoms with Crippen LogP contribution in [0.25, 0.3) is 0 Å². The van der Waals surface area contributed by atoms with Crippen molar-refractivity contribution in [3.05, 3.63) is 29.8 Å². The average Bonchev–Trinajstić information content (AvgIpc) is 2.46. The highest BCUT2D eigenvalue weighted by atomic mass is 16.5. The number of amidine groups is 1. The molecule has 0 saturated heterocycles. The first-order valence-electron chi connectivity index (χ1n) is 6.25. The number of carbonyl (C=O) groups is 1. The van der Waals surface area contributed by atoms with E-state index in [1.165, 1.54) is 0 Å². The van der Waals surface area contributed by atoms with Gasteiger partial charge in [0.2, 0.25) is 5.91 Å². The second-order valence-electron chi connectivity index (χ2n) is 5.08. The summed E-state index contributed by atoms with van der Waals surface area (Å²) in [7, 11) is 1.60. The standard InChI is InChI=1S/C14H21N3O3/c1-9(10-5-7-11(20-4)8-6-10)16-13(18)14(2,3)12(15)17-19/h5-9,19H,1-4H3,(H2,15,17)(H,16,18). The molecule has 0 heterocycles. The molecule has 0 radical (unpaired) electrons. The van der Waals surface area contributed by atoms with Crippen LogP contribution in [0.4, 0.5) is 0 Å². The van der Waals surface area contributed by atoms with E-state index in [1.807, 2.05) is 31.2 Å². The number of methoxy groups -OCH3 is 1. The monoisotopic (exact) mass is 279 g/mol. The van der Waals surface area contributed by atoms with E-state index in [-0.39, 0.29) is 17.8 Å². The molecule has 0 bridgehead atoms. The van der Waals surface area contributed by atoms with Gasteiger partial charge < -0.3 is 21.0 Å². The maximum atomic E-state index is 12.2.